The van der Waals surface area contributed by atoms with E-state index >= 15 is 0 Å². The molecule has 0 fully saturated rings. The van der Waals surface area contributed by atoms with Crippen LogP contribution in [0, 0.1) is 13.8 Å². The van der Waals surface area contributed by atoms with E-state index < -0.39 is 10.1 Å². The number of benzene rings is 2. The molecule has 6 heteroatoms. The zero-order valence-corrected chi connectivity index (χ0v) is 14.0. The van der Waals surface area contributed by atoms with Crippen LogP contribution in [0.2, 0.25) is 5.02 Å². The van der Waals surface area contributed by atoms with Gasteiger partial charge >= 0.3 is 10.1 Å². The van der Waals surface area contributed by atoms with Crippen molar-refractivity contribution in [2.24, 2.45) is 0 Å². The van der Waals surface area contributed by atoms with Crippen LogP contribution >= 0.6 is 27.5 Å². The highest BCUT2D eigenvalue weighted by Crippen LogP contribution is 2.27. The summed E-state index contributed by atoms with van der Waals surface area (Å²) in [6.07, 6.45) is 0. The van der Waals surface area contributed by atoms with Crippen LogP contribution in [0.25, 0.3) is 0 Å². The van der Waals surface area contributed by atoms with Crippen LogP contribution in [0.1, 0.15) is 11.1 Å². The van der Waals surface area contributed by atoms with Crippen molar-refractivity contribution in [3.8, 4) is 5.75 Å². The summed E-state index contributed by atoms with van der Waals surface area (Å²) in [5.41, 5.74) is 1.45. The summed E-state index contributed by atoms with van der Waals surface area (Å²) in [6, 6.07) is 9.53. The second-order valence-electron chi connectivity index (χ2n) is 4.36. The molecule has 0 saturated heterocycles. The average Bonchev–Trinajstić information content (AvgIpc) is 2.36. The van der Waals surface area contributed by atoms with Gasteiger partial charge in [0, 0.05) is 9.50 Å². The van der Waals surface area contributed by atoms with Crippen molar-refractivity contribution in [3.63, 3.8) is 0 Å². The molecule has 0 spiro atoms. The molecule has 0 bridgehead atoms. The Balaban J connectivity index is 2.40. The molecule has 0 unspecified atom stereocenters. The minimum absolute atomic E-state index is 0.160. The second kappa shape index (κ2) is 5.76. The van der Waals surface area contributed by atoms with E-state index in [1.165, 1.54) is 12.1 Å². The normalized spacial score (nSPS) is 11.4. The van der Waals surface area contributed by atoms with E-state index in [9.17, 15) is 8.42 Å². The molecule has 0 atom stereocenters. The Bertz CT molecular complexity index is 740. The molecule has 0 amide bonds. The number of hydrogen-bond donors (Lipinski definition) is 0. The molecule has 3 nitrogen and oxygen atoms in total. The fraction of sp³-hybridized carbons (Fsp3) is 0.143. The summed E-state index contributed by atoms with van der Waals surface area (Å²) in [7, 11) is -3.86. The maximum Gasteiger partial charge on any atom is 0.339 e. The molecule has 2 aromatic carbocycles. The third-order valence-electron chi connectivity index (χ3n) is 2.75. The highest BCUT2D eigenvalue weighted by molar-refractivity contribution is 9.10. The first-order chi connectivity index (χ1) is 9.29. The molecule has 0 heterocycles. The Kier molecular flexibility index (Phi) is 4.42. The summed E-state index contributed by atoms with van der Waals surface area (Å²) >= 11 is 9.12. The minimum atomic E-state index is -3.86. The van der Waals surface area contributed by atoms with Crippen LogP contribution in [0.4, 0.5) is 0 Å². The van der Waals surface area contributed by atoms with E-state index in [2.05, 4.69) is 15.9 Å². The van der Waals surface area contributed by atoms with Crippen LogP contribution in [0.15, 0.2) is 45.8 Å². The maximum absolute atomic E-state index is 12.3. The highest BCUT2D eigenvalue weighted by Gasteiger charge is 2.20. The van der Waals surface area contributed by atoms with Crippen LogP contribution in [-0.4, -0.2) is 8.42 Å². The lowest BCUT2D eigenvalue weighted by Crippen LogP contribution is -2.11. The lowest BCUT2D eigenvalue weighted by atomic mass is 10.2. The number of rotatable bonds is 3. The van der Waals surface area contributed by atoms with Gasteiger partial charge in [0.1, 0.15) is 10.6 Å². The first-order valence-electron chi connectivity index (χ1n) is 5.76. The van der Waals surface area contributed by atoms with Crippen molar-refractivity contribution < 1.29 is 12.6 Å². The van der Waals surface area contributed by atoms with Gasteiger partial charge in [-0.1, -0.05) is 27.5 Å². The van der Waals surface area contributed by atoms with Gasteiger partial charge in [0.15, 0.2) is 0 Å². The van der Waals surface area contributed by atoms with Crippen LogP contribution in [0.5, 0.6) is 5.75 Å². The van der Waals surface area contributed by atoms with Crippen LogP contribution in [0.3, 0.4) is 0 Å². The highest BCUT2D eigenvalue weighted by atomic mass is 79.9. The molecule has 106 valence electrons. The molecular formula is C14H12BrClO3S. The van der Waals surface area contributed by atoms with E-state index in [1.54, 1.807) is 31.2 Å². The Labute approximate surface area is 131 Å². The third-order valence-corrected chi connectivity index (χ3v) is 5.24. The van der Waals surface area contributed by atoms with Crippen molar-refractivity contribution in [1.82, 2.24) is 0 Å². The number of hydrogen-bond acceptors (Lipinski definition) is 3. The first-order valence-corrected chi connectivity index (χ1v) is 8.34. The second-order valence-corrected chi connectivity index (χ2v) is 7.16. The first kappa shape index (κ1) is 15.4. The van der Waals surface area contributed by atoms with Crippen molar-refractivity contribution >= 4 is 37.6 Å². The van der Waals surface area contributed by atoms with Gasteiger partial charge in [0.25, 0.3) is 0 Å². The van der Waals surface area contributed by atoms with Crippen molar-refractivity contribution in [1.29, 1.82) is 0 Å². The van der Waals surface area contributed by atoms with Gasteiger partial charge in [0.2, 0.25) is 0 Å². The molecule has 0 aliphatic carbocycles. The van der Waals surface area contributed by atoms with Gasteiger partial charge in [-0.05, 0) is 61.4 Å². The molecule has 0 N–H and O–H groups in total. The predicted octanol–water partition coefficient (Wildman–Crippen LogP) is 4.49. The lowest BCUT2D eigenvalue weighted by molar-refractivity contribution is 0.485. The van der Waals surface area contributed by atoms with Gasteiger partial charge in [-0.2, -0.15) is 8.42 Å². The summed E-state index contributed by atoms with van der Waals surface area (Å²) in [5, 5.41) is 0.519. The molecule has 0 aliphatic heterocycles. The van der Waals surface area contributed by atoms with Crippen molar-refractivity contribution in [2.75, 3.05) is 0 Å². The number of halogens is 2. The standard InChI is InChI=1S/C14H12BrClO3S/c1-9-8-14(10(2)7-13(9)15)20(17,18)19-12-5-3-11(16)4-6-12/h3-8H,1-2H3. The Morgan fingerprint density at radius 1 is 1.05 bits per heavy atom. The monoisotopic (exact) mass is 374 g/mol. The molecule has 2 aromatic rings. The largest absolute Gasteiger partial charge is 0.379 e. The third kappa shape index (κ3) is 3.34. The Morgan fingerprint density at radius 3 is 2.25 bits per heavy atom. The molecule has 20 heavy (non-hydrogen) atoms. The van der Waals surface area contributed by atoms with Crippen molar-refractivity contribution in [2.45, 2.75) is 18.7 Å². The minimum Gasteiger partial charge on any atom is -0.379 e. The summed E-state index contributed by atoms with van der Waals surface area (Å²) in [5.74, 6) is 0.231. The fourth-order valence-corrected chi connectivity index (χ4v) is 3.50. The Hall–Kier alpha value is -1.04. The SMILES string of the molecule is Cc1cc(S(=O)(=O)Oc2ccc(Cl)cc2)c(C)cc1Br. The molecular weight excluding hydrogens is 364 g/mol. The van der Waals surface area contributed by atoms with E-state index in [0.29, 0.717) is 10.6 Å². The maximum atomic E-state index is 12.3. The summed E-state index contributed by atoms with van der Waals surface area (Å²) in [4.78, 5) is 0.160. The van der Waals surface area contributed by atoms with Gasteiger partial charge in [-0.15, -0.1) is 0 Å². The molecule has 0 aromatic heterocycles. The van der Waals surface area contributed by atoms with Gasteiger partial charge < -0.3 is 4.18 Å². The summed E-state index contributed by atoms with van der Waals surface area (Å²) in [6.45, 7) is 3.55. The molecule has 0 saturated carbocycles. The zero-order chi connectivity index (χ0) is 14.9. The zero-order valence-electron chi connectivity index (χ0n) is 10.9. The topological polar surface area (TPSA) is 43.4 Å². The summed E-state index contributed by atoms with van der Waals surface area (Å²) < 4.78 is 30.6. The van der Waals surface area contributed by atoms with E-state index in [0.717, 1.165) is 10.0 Å². The van der Waals surface area contributed by atoms with Crippen molar-refractivity contribution in [3.05, 3.63) is 57.0 Å². The lowest BCUT2D eigenvalue weighted by Gasteiger charge is -2.11. The molecule has 0 radical (unpaired) electrons. The molecule has 0 aliphatic rings. The van der Waals surface area contributed by atoms with Crippen LogP contribution in [-0.2, 0) is 10.1 Å². The predicted molar refractivity (Wildman–Crippen MR) is 82.9 cm³/mol. The Morgan fingerprint density at radius 2 is 1.65 bits per heavy atom. The van der Waals surface area contributed by atoms with E-state index in [1.807, 2.05) is 6.92 Å². The smallest absolute Gasteiger partial charge is 0.339 e. The van der Waals surface area contributed by atoms with Gasteiger partial charge in [-0.25, -0.2) is 0 Å². The van der Waals surface area contributed by atoms with Gasteiger partial charge in [0.05, 0.1) is 0 Å². The fourth-order valence-electron chi connectivity index (χ4n) is 1.69. The van der Waals surface area contributed by atoms with E-state index in [-0.39, 0.29) is 10.6 Å². The number of aryl methyl sites for hydroxylation is 2. The molecule has 2 rings (SSSR count). The van der Waals surface area contributed by atoms with Gasteiger partial charge in [-0.3, -0.25) is 0 Å². The van der Waals surface area contributed by atoms with Crippen LogP contribution < -0.4 is 4.18 Å². The average molecular weight is 376 g/mol. The van der Waals surface area contributed by atoms with E-state index in [4.69, 9.17) is 15.8 Å². The quantitative estimate of drug-likeness (QED) is 0.743.